The van der Waals surface area contributed by atoms with Crippen molar-refractivity contribution in [2.45, 2.75) is 240 Å². The molecule has 1 saturated heterocycles. The van der Waals surface area contributed by atoms with E-state index in [9.17, 15) is 77.3 Å². The number of carbonyl (C=O) groups excluding carboxylic acids is 13. The highest BCUT2D eigenvalue weighted by Gasteiger charge is 2.44. The van der Waals surface area contributed by atoms with Crippen molar-refractivity contribution in [2.24, 2.45) is 53.1 Å². The van der Waals surface area contributed by atoms with Gasteiger partial charge in [-0.15, -0.1) is 11.8 Å². The number of hydrogen-bond acceptors (Lipinski definition) is 19. The number of primary amides is 1. The van der Waals surface area contributed by atoms with Crippen molar-refractivity contribution in [3.05, 3.63) is 65.7 Å². The Morgan fingerprint density at radius 2 is 1.33 bits per heavy atom. The first kappa shape index (κ1) is 95.9. The number of carboxylic acids is 1. The summed E-state index contributed by atoms with van der Waals surface area (Å²) in [4.78, 5) is 190. The molecule has 30 heteroatoms. The standard InChI is InChI=1S/C80H126N10O19S/c1-17-50(9)72(64(107-15)42-68(97)90-38-26-30-60(90)74(108-16)53(12)61(92)39-51(10)73(100)55-27-21-19-22-28-55)88(13)78(104)58(47(3)4)41-63(94)71(49(7)8)89(14)80(106)109-45-54-32-34-57(35-33-54)85-75(101)56(29-25-37-83-79(81)105)40-62(93)70(48(5)6)87-67(96)31-23-20-24-36-82-77(103)65(43-69(98)99)110-46-59(86-66(95)18-2)76(102)84-44-52(11)91/h19,21-22,27-28,32-35,47-51,53,56,58-60,64-65,70-74,100H,17-18,20,23-26,29-31,36-46H2,1-16H3,(H,82,103)(H,84,102)(H,85,101)(H,86,95)(H,87,96)(H,98,99)(H3,81,83,105)/t50-,51-,53-,56?,58+,59?,60-,64+,65?,70+,71+,72-,73+,74-/m0/s1. The summed E-state index contributed by atoms with van der Waals surface area (Å²) >= 11 is 0.871. The smallest absolute Gasteiger partial charge is 0.410 e. The molecule has 3 rings (SSSR count). The van der Waals surface area contributed by atoms with Gasteiger partial charge in [0.2, 0.25) is 41.4 Å². The maximum absolute atomic E-state index is 14.9. The number of thioether (sulfide) groups is 1. The Bertz CT molecular complexity index is 3340. The minimum absolute atomic E-state index is 0.0217. The third kappa shape index (κ3) is 31.8. The number of carboxylic acid groups (broad SMARTS) is 1. The highest BCUT2D eigenvalue weighted by Crippen LogP contribution is 2.34. The van der Waals surface area contributed by atoms with Crippen LogP contribution in [0.4, 0.5) is 15.3 Å². The van der Waals surface area contributed by atoms with E-state index in [-0.39, 0.29) is 136 Å². The molecule has 110 heavy (non-hydrogen) atoms. The summed E-state index contributed by atoms with van der Waals surface area (Å²) in [6.45, 7) is 21.5. The molecule has 0 radical (unpaired) electrons. The largest absolute Gasteiger partial charge is 0.481 e. The number of Topliss-reactive ketones (excluding diaryl/α,β-unsaturated/α-hetero) is 4. The lowest BCUT2D eigenvalue weighted by Gasteiger charge is -2.41. The van der Waals surface area contributed by atoms with Crippen LogP contribution in [0.15, 0.2) is 54.6 Å². The van der Waals surface area contributed by atoms with Gasteiger partial charge in [0.1, 0.15) is 24.2 Å². The molecule has 0 aliphatic carbocycles. The maximum atomic E-state index is 14.9. The lowest BCUT2D eigenvalue weighted by atomic mass is 9.83. The molecule has 0 bridgehead atoms. The lowest BCUT2D eigenvalue weighted by Crippen LogP contribution is -2.54. The normalized spacial score (nSPS) is 16.4. The summed E-state index contributed by atoms with van der Waals surface area (Å²) in [6.07, 6.45) is -0.308. The fourth-order valence-electron chi connectivity index (χ4n) is 13.9. The molecule has 1 aliphatic heterocycles. The summed E-state index contributed by atoms with van der Waals surface area (Å²) in [5.74, 6) is -9.70. The van der Waals surface area contributed by atoms with Crippen LogP contribution in [0.1, 0.15) is 197 Å². The SMILES string of the molecule is CCC(=O)NC(CSC(CC(=O)O)C(=O)NCCCCCC(=O)N[C@@H](C(=O)CC(CCCNC(N)=O)C(=O)Nc1ccc(COC(=O)N(C)[C@@H](C(=O)C[C@@H](C(=O)N(C)[C@@H]([C@@H](C)CC)[C@@H](CC(=O)N2CCC[C@H]2[C@@H](OC)[C@@H](C)C(=O)C[C@H](C)[C@@H](O)c2ccccc2)OC)C(C)C)C(C)C)cc1)C(C)C)C(=O)NCC(C)=O. The number of unbranched alkanes of at least 4 members (excludes halogenated alkanes) is 2. The first-order valence-electron chi connectivity index (χ1n) is 38.7. The fraction of sp³-hybridized carbons (Fsp3) is 0.675. The number of likely N-dealkylation sites (N-methyl/N-ethyl adjacent to an activating group) is 2. The molecular formula is C80H126N10O19S. The number of rotatable bonds is 52. The Kier molecular flexibility index (Phi) is 42.8. The molecule has 1 aliphatic rings. The zero-order valence-corrected chi connectivity index (χ0v) is 68.3. The number of benzene rings is 2. The number of urea groups is 1. The van der Waals surface area contributed by atoms with Gasteiger partial charge >= 0.3 is 18.1 Å². The number of anilines is 1. The summed E-state index contributed by atoms with van der Waals surface area (Å²) in [7, 11) is 6.19. The third-order valence-corrected chi connectivity index (χ3v) is 21.8. The average Bonchev–Trinajstić information content (AvgIpc) is 1.46. The number of amides is 10. The number of nitrogens with one attached hydrogen (secondary N) is 6. The van der Waals surface area contributed by atoms with Gasteiger partial charge in [0.25, 0.3) is 0 Å². The Labute approximate surface area is 654 Å². The Morgan fingerprint density at radius 1 is 0.673 bits per heavy atom. The summed E-state index contributed by atoms with van der Waals surface area (Å²) in [5.41, 5.74) is 6.89. The average molecular weight is 1560 g/mol. The number of nitrogens with zero attached hydrogens (tertiary/aromatic N) is 3. The van der Waals surface area contributed by atoms with Crippen LogP contribution in [-0.2, 0) is 78.4 Å². The van der Waals surface area contributed by atoms with Crippen molar-refractivity contribution >= 4 is 100 Å². The predicted molar refractivity (Wildman–Crippen MR) is 419 cm³/mol. The van der Waals surface area contributed by atoms with Gasteiger partial charge in [-0.05, 0) is 98.3 Å². The molecular weight excluding hydrogens is 1440 g/mol. The Morgan fingerprint density at radius 3 is 1.90 bits per heavy atom. The predicted octanol–water partition coefficient (Wildman–Crippen LogP) is 7.72. The summed E-state index contributed by atoms with van der Waals surface area (Å²) < 4.78 is 17.9. The Hall–Kier alpha value is -8.35. The maximum Gasteiger partial charge on any atom is 0.410 e. The second-order valence-electron chi connectivity index (χ2n) is 30.2. The monoisotopic (exact) mass is 1560 g/mol. The summed E-state index contributed by atoms with van der Waals surface area (Å²) in [6, 6.07) is 10.8. The van der Waals surface area contributed by atoms with Gasteiger partial charge in [-0.1, -0.05) is 131 Å². The number of carbonyl (C=O) groups is 14. The van der Waals surface area contributed by atoms with Crippen molar-refractivity contribution < 1.29 is 91.5 Å². The second kappa shape index (κ2) is 49.1. The number of aliphatic hydroxyl groups is 1. The quantitative estimate of drug-likeness (QED) is 0.0286. The molecule has 1 heterocycles. The number of methoxy groups -OCH3 is 2. The van der Waals surface area contributed by atoms with Crippen LogP contribution in [-0.4, -0.2) is 215 Å². The van der Waals surface area contributed by atoms with Crippen LogP contribution >= 0.6 is 11.8 Å². The van der Waals surface area contributed by atoms with E-state index in [0.717, 1.165) is 17.3 Å². The summed E-state index contributed by atoms with van der Waals surface area (Å²) in [5, 5.41) is 35.3. The number of likely N-dealkylation sites (tertiary alicyclic amines) is 1. The minimum Gasteiger partial charge on any atom is -0.481 e. The molecule has 0 spiro atoms. The van der Waals surface area contributed by atoms with Crippen LogP contribution in [0.3, 0.4) is 0 Å². The highest BCUT2D eigenvalue weighted by atomic mass is 32.2. The van der Waals surface area contributed by atoms with Gasteiger partial charge in [-0.25, -0.2) is 9.59 Å². The van der Waals surface area contributed by atoms with Gasteiger partial charge in [0, 0.05) is 109 Å². The van der Waals surface area contributed by atoms with E-state index in [1.807, 2.05) is 71.9 Å². The van der Waals surface area contributed by atoms with Crippen molar-refractivity contribution in [1.29, 1.82) is 0 Å². The molecule has 616 valence electrons. The van der Waals surface area contributed by atoms with E-state index < -0.39 is 137 Å². The van der Waals surface area contributed by atoms with E-state index in [1.54, 1.807) is 82.8 Å². The number of ketones is 4. The molecule has 3 unspecified atom stereocenters. The van der Waals surface area contributed by atoms with E-state index in [0.29, 0.717) is 56.3 Å². The van der Waals surface area contributed by atoms with Crippen LogP contribution in [0.25, 0.3) is 0 Å². The molecule has 10 amide bonds. The van der Waals surface area contributed by atoms with Gasteiger partial charge in [0.15, 0.2) is 11.6 Å². The third-order valence-electron chi connectivity index (χ3n) is 20.5. The molecule has 10 N–H and O–H groups in total. The van der Waals surface area contributed by atoms with Gasteiger partial charge in [0.05, 0.1) is 67.1 Å². The first-order chi connectivity index (χ1) is 51.9. The van der Waals surface area contributed by atoms with Crippen molar-refractivity contribution in [2.75, 3.05) is 65.6 Å². The fourth-order valence-corrected chi connectivity index (χ4v) is 15.1. The van der Waals surface area contributed by atoms with Crippen LogP contribution in [0.5, 0.6) is 0 Å². The Balaban J connectivity index is 1.64. The zero-order valence-electron chi connectivity index (χ0n) is 67.5. The van der Waals surface area contributed by atoms with Crippen LogP contribution < -0.4 is 37.6 Å². The first-order valence-corrected chi connectivity index (χ1v) is 39.7. The molecule has 0 saturated carbocycles. The van der Waals surface area contributed by atoms with E-state index in [2.05, 4.69) is 31.9 Å². The number of aliphatic hydroxyl groups excluding tert-OH is 1. The van der Waals surface area contributed by atoms with E-state index in [4.69, 9.17) is 19.9 Å². The number of aliphatic carboxylic acids is 1. The highest BCUT2D eigenvalue weighted by molar-refractivity contribution is 8.00. The molecule has 14 atom stereocenters. The molecule has 2 aromatic rings. The molecule has 29 nitrogen and oxygen atoms in total. The molecule has 1 fully saturated rings. The van der Waals surface area contributed by atoms with E-state index in [1.165, 1.54) is 26.0 Å². The zero-order chi connectivity index (χ0) is 82.6. The number of hydrogen-bond donors (Lipinski definition) is 9. The topological polar surface area (TPSA) is 415 Å². The van der Waals surface area contributed by atoms with E-state index >= 15 is 0 Å². The van der Waals surface area contributed by atoms with Crippen molar-refractivity contribution in [3.63, 3.8) is 0 Å². The van der Waals surface area contributed by atoms with Crippen molar-refractivity contribution in [3.8, 4) is 0 Å². The van der Waals surface area contributed by atoms with Gasteiger partial charge < -0.3 is 76.8 Å². The minimum atomic E-state index is -1.26. The lowest BCUT2D eigenvalue weighted by molar-refractivity contribution is -0.149. The van der Waals surface area contributed by atoms with Crippen LogP contribution in [0.2, 0.25) is 0 Å². The number of ether oxygens (including phenoxy) is 3. The van der Waals surface area contributed by atoms with Crippen molar-refractivity contribution in [1.82, 2.24) is 41.3 Å². The molecule has 0 aromatic heterocycles. The van der Waals surface area contributed by atoms with Gasteiger partial charge in [-0.3, -0.25) is 57.5 Å². The van der Waals surface area contributed by atoms with Crippen LogP contribution in [0, 0.1) is 47.3 Å². The number of nitrogens with two attached hydrogens (primary N) is 1. The molecule has 2 aromatic carbocycles. The second-order valence-corrected chi connectivity index (χ2v) is 31.4. The van der Waals surface area contributed by atoms with Gasteiger partial charge in [-0.2, -0.15) is 0 Å².